The molecule has 2 heterocycles. The van der Waals surface area contributed by atoms with E-state index in [4.69, 9.17) is 15.7 Å². The first-order valence-electron chi connectivity index (χ1n) is 9.56. The zero-order valence-electron chi connectivity index (χ0n) is 16.3. The van der Waals surface area contributed by atoms with Gasteiger partial charge in [0.1, 0.15) is 16.9 Å². The zero-order chi connectivity index (χ0) is 20.5. The van der Waals surface area contributed by atoms with Gasteiger partial charge in [0.25, 0.3) is 5.91 Å². The number of hydrogen-bond acceptors (Lipinski definition) is 4. The molecule has 1 amide bonds. The van der Waals surface area contributed by atoms with E-state index in [1.54, 1.807) is 4.57 Å². The zero-order valence-corrected chi connectivity index (χ0v) is 17.9. The summed E-state index contributed by atoms with van der Waals surface area (Å²) in [5, 5.41) is 2.98. The van der Waals surface area contributed by atoms with Crippen molar-refractivity contribution in [1.29, 1.82) is 0 Å². The highest BCUT2D eigenvalue weighted by molar-refractivity contribution is 9.10. The van der Waals surface area contributed by atoms with Crippen LogP contribution in [0, 0.1) is 5.92 Å². The lowest BCUT2D eigenvalue weighted by Crippen LogP contribution is -2.26. The molecule has 2 aromatic carbocycles. The fourth-order valence-corrected chi connectivity index (χ4v) is 3.71. The molecule has 0 bridgehead atoms. The van der Waals surface area contributed by atoms with Crippen LogP contribution in [0.15, 0.2) is 53.0 Å². The fraction of sp³-hybridized carbons (Fsp3) is 0.227. The molecule has 0 saturated heterocycles. The standard InChI is InChI=1S/C22H22BrN5O/c1-13(2)10-11-25-22(29)18-19-21(27-17-9-4-3-8-16(17)26-19)28(20(18)24)15-7-5-6-14(23)12-15/h3-9,12-13H,10-11,24H2,1-2H3,(H,25,29). The molecule has 4 rings (SSSR count). The Morgan fingerprint density at radius 2 is 1.86 bits per heavy atom. The molecule has 0 unspecified atom stereocenters. The van der Waals surface area contributed by atoms with Gasteiger partial charge in [-0.15, -0.1) is 0 Å². The third-order valence-corrected chi connectivity index (χ3v) is 5.29. The number of benzene rings is 2. The van der Waals surface area contributed by atoms with Gasteiger partial charge in [-0.3, -0.25) is 9.36 Å². The Balaban J connectivity index is 1.93. The number of fused-ring (bicyclic) bond motifs is 2. The molecule has 0 aliphatic heterocycles. The number of nitrogens with two attached hydrogens (primary N) is 1. The number of halogens is 1. The molecule has 6 nitrogen and oxygen atoms in total. The lowest BCUT2D eigenvalue weighted by Gasteiger charge is -2.09. The Morgan fingerprint density at radius 3 is 2.55 bits per heavy atom. The van der Waals surface area contributed by atoms with Crippen molar-refractivity contribution in [3.63, 3.8) is 0 Å². The summed E-state index contributed by atoms with van der Waals surface area (Å²) in [7, 11) is 0. The molecular formula is C22H22BrN5O. The Morgan fingerprint density at radius 1 is 1.14 bits per heavy atom. The summed E-state index contributed by atoms with van der Waals surface area (Å²) < 4.78 is 2.70. The molecule has 7 heteroatoms. The molecule has 0 spiro atoms. The van der Waals surface area contributed by atoms with E-state index in [2.05, 4.69) is 35.1 Å². The number of nitrogens with zero attached hydrogens (tertiary/aromatic N) is 3. The van der Waals surface area contributed by atoms with Gasteiger partial charge >= 0.3 is 0 Å². The topological polar surface area (TPSA) is 85.8 Å². The number of rotatable bonds is 5. The number of nitrogens with one attached hydrogen (secondary N) is 1. The first-order chi connectivity index (χ1) is 14.0. The van der Waals surface area contributed by atoms with Crippen LogP contribution in [0.25, 0.3) is 27.9 Å². The average Bonchev–Trinajstić information content (AvgIpc) is 2.96. The van der Waals surface area contributed by atoms with E-state index in [-0.39, 0.29) is 5.91 Å². The lowest BCUT2D eigenvalue weighted by atomic mass is 10.1. The van der Waals surface area contributed by atoms with Gasteiger partial charge in [0.15, 0.2) is 5.65 Å². The first kappa shape index (κ1) is 19.4. The van der Waals surface area contributed by atoms with Gasteiger partial charge < -0.3 is 11.1 Å². The van der Waals surface area contributed by atoms with Crippen molar-refractivity contribution in [3.8, 4) is 5.69 Å². The third-order valence-electron chi connectivity index (χ3n) is 4.80. The Bertz CT molecular complexity index is 1210. The second-order valence-electron chi connectivity index (χ2n) is 7.40. The molecule has 4 aromatic rings. The van der Waals surface area contributed by atoms with Crippen molar-refractivity contribution in [2.45, 2.75) is 20.3 Å². The van der Waals surface area contributed by atoms with Crippen molar-refractivity contribution >= 4 is 49.9 Å². The van der Waals surface area contributed by atoms with Gasteiger partial charge in [-0.1, -0.05) is 48.0 Å². The largest absolute Gasteiger partial charge is 0.384 e. The van der Waals surface area contributed by atoms with Crippen LogP contribution in [0.1, 0.15) is 30.6 Å². The summed E-state index contributed by atoms with van der Waals surface area (Å²) in [5.74, 6) is 0.598. The summed E-state index contributed by atoms with van der Waals surface area (Å²) in [6, 6.07) is 15.3. The highest BCUT2D eigenvalue weighted by atomic mass is 79.9. The van der Waals surface area contributed by atoms with Gasteiger partial charge in [0.2, 0.25) is 0 Å². The van der Waals surface area contributed by atoms with E-state index in [9.17, 15) is 4.79 Å². The molecule has 3 N–H and O–H groups in total. The van der Waals surface area contributed by atoms with Gasteiger partial charge in [-0.05, 0) is 42.7 Å². The Kier molecular flexibility index (Phi) is 5.24. The average molecular weight is 452 g/mol. The summed E-state index contributed by atoms with van der Waals surface area (Å²) in [6.07, 6.45) is 0.893. The predicted octanol–water partition coefficient (Wildman–Crippen LogP) is 4.69. The third kappa shape index (κ3) is 3.70. The maximum Gasteiger partial charge on any atom is 0.257 e. The Labute approximate surface area is 177 Å². The number of anilines is 1. The van der Waals surface area contributed by atoms with Crippen LogP contribution in [-0.2, 0) is 0 Å². The molecule has 0 atom stereocenters. The maximum absolute atomic E-state index is 13.0. The molecule has 2 aromatic heterocycles. The fourth-order valence-electron chi connectivity index (χ4n) is 3.32. The number of para-hydroxylation sites is 2. The number of hydrogen-bond donors (Lipinski definition) is 2. The summed E-state index contributed by atoms with van der Waals surface area (Å²) in [5.41, 5.74) is 10.2. The van der Waals surface area contributed by atoms with E-state index >= 15 is 0 Å². The normalized spacial score (nSPS) is 11.4. The van der Waals surface area contributed by atoms with E-state index in [0.29, 0.717) is 35.0 Å². The minimum Gasteiger partial charge on any atom is -0.384 e. The Hall–Kier alpha value is -2.93. The first-order valence-corrected chi connectivity index (χ1v) is 10.4. The molecule has 0 aliphatic rings. The lowest BCUT2D eigenvalue weighted by molar-refractivity contribution is 0.0954. The van der Waals surface area contributed by atoms with Crippen LogP contribution < -0.4 is 11.1 Å². The van der Waals surface area contributed by atoms with Crippen molar-refractivity contribution in [1.82, 2.24) is 19.9 Å². The van der Waals surface area contributed by atoms with Gasteiger partial charge in [0, 0.05) is 11.0 Å². The second-order valence-corrected chi connectivity index (χ2v) is 8.31. The van der Waals surface area contributed by atoms with Crippen molar-refractivity contribution in [2.75, 3.05) is 12.3 Å². The van der Waals surface area contributed by atoms with Crippen LogP contribution in [-0.4, -0.2) is 27.0 Å². The molecule has 0 aliphatic carbocycles. The maximum atomic E-state index is 13.0. The summed E-state index contributed by atoms with van der Waals surface area (Å²) in [6.45, 7) is 4.83. The quantitative estimate of drug-likeness (QED) is 0.460. The van der Waals surface area contributed by atoms with Crippen LogP contribution in [0.2, 0.25) is 0 Å². The highest BCUT2D eigenvalue weighted by Gasteiger charge is 2.24. The number of carbonyl (C=O) groups is 1. The molecule has 148 valence electrons. The van der Waals surface area contributed by atoms with E-state index in [0.717, 1.165) is 27.6 Å². The SMILES string of the molecule is CC(C)CCNC(=O)c1c(N)n(-c2cccc(Br)c2)c2nc3ccccc3nc12. The van der Waals surface area contributed by atoms with E-state index < -0.39 is 0 Å². The van der Waals surface area contributed by atoms with Crippen LogP contribution in [0.4, 0.5) is 5.82 Å². The molecule has 0 fully saturated rings. The molecule has 0 saturated carbocycles. The second kappa shape index (κ2) is 7.83. The summed E-state index contributed by atoms with van der Waals surface area (Å²) >= 11 is 3.50. The van der Waals surface area contributed by atoms with Crippen molar-refractivity contribution in [2.24, 2.45) is 5.92 Å². The van der Waals surface area contributed by atoms with E-state index in [1.807, 2.05) is 48.5 Å². The van der Waals surface area contributed by atoms with Gasteiger partial charge in [-0.2, -0.15) is 0 Å². The number of aromatic nitrogens is 3. The number of amides is 1. The molecule has 29 heavy (non-hydrogen) atoms. The smallest absolute Gasteiger partial charge is 0.257 e. The van der Waals surface area contributed by atoms with Gasteiger partial charge in [0.05, 0.1) is 16.7 Å². The van der Waals surface area contributed by atoms with Crippen LogP contribution in [0.3, 0.4) is 0 Å². The van der Waals surface area contributed by atoms with Crippen molar-refractivity contribution < 1.29 is 4.79 Å². The monoisotopic (exact) mass is 451 g/mol. The summed E-state index contributed by atoms with van der Waals surface area (Å²) in [4.78, 5) is 22.5. The van der Waals surface area contributed by atoms with E-state index in [1.165, 1.54) is 0 Å². The van der Waals surface area contributed by atoms with Gasteiger partial charge in [-0.25, -0.2) is 9.97 Å². The highest BCUT2D eigenvalue weighted by Crippen LogP contribution is 2.31. The van der Waals surface area contributed by atoms with Crippen LogP contribution in [0.5, 0.6) is 0 Å². The molecule has 0 radical (unpaired) electrons. The number of nitrogen functional groups attached to an aromatic ring is 1. The van der Waals surface area contributed by atoms with Crippen molar-refractivity contribution in [3.05, 3.63) is 58.6 Å². The minimum atomic E-state index is -0.230. The minimum absolute atomic E-state index is 0.230. The predicted molar refractivity (Wildman–Crippen MR) is 120 cm³/mol. The number of carbonyl (C=O) groups excluding carboxylic acids is 1. The van der Waals surface area contributed by atoms with Crippen LogP contribution >= 0.6 is 15.9 Å². The molecular weight excluding hydrogens is 430 g/mol.